The summed E-state index contributed by atoms with van der Waals surface area (Å²) in [5.74, 6) is 3.88. The van der Waals surface area contributed by atoms with Crippen LogP contribution in [0, 0.1) is 11.8 Å². The molecule has 0 saturated carbocycles. The van der Waals surface area contributed by atoms with Gasteiger partial charge in [-0.05, 0) is 13.0 Å². The highest BCUT2D eigenvalue weighted by molar-refractivity contribution is 5.87. The van der Waals surface area contributed by atoms with E-state index < -0.39 is 5.97 Å². The van der Waals surface area contributed by atoms with Gasteiger partial charge in [-0.25, -0.2) is 4.79 Å². The van der Waals surface area contributed by atoms with E-state index in [2.05, 4.69) is 10.9 Å². The standard InChI is InChI=1S/C10H9NO3/c1-2-14-9-5-8(6-11-7-9)3-4-10(12)13/h5-7H,2H2,1H3,(H,12,13). The second-order valence-corrected chi connectivity index (χ2v) is 2.40. The van der Waals surface area contributed by atoms with Crippen LogP contribution in [0.15, 0.2) is 18.5 Å². The van der Waals surface area contributed by atoms with Gasteiger partial charge in [0.1, 0.15) is 5.75 Å². The first-order valence-corrected chi connectivity index (χ1v) is 4.05. The molecule has 14 heavy (non-hydrogen) atoms. The fourth-order valence-electron chi connectivity index (χ4n) is 0.858. The molecule has 0 aromatic carbocycles. The molecule has 0 aliphatic carbocycles. The molecule has 0 radical (unpaired) electrons. The number of aliphatic carboxylic acids is 1. The summed E-state index contributed by atoms with van der Waals surface area (Å²) in [6.07, 6.45) is 3.04. The molecule has 1 heterocycles. The highest BCUT2D eigenvalue weighted by Gasteiger charge is 1.94. The number of carboxylic acids is 1. The zero-order valence-electron chi connectivity index (χ0n) is 7.65. The molecule has 4 heteroatoms. The highest BCUT2D eigenvalue weighted by Crippen LogP contribution is 2.09. The summed E-state index contributed by atoms with van der Waals surface area (Å²) in [5.41, 5.74) is 0.526. The molecule has 1 aromatic heterocycles. The topological polar surface area (TPSA) is 59.4 Å². The van der Waals surface area contributed by atoms with Gasteiger partial charge in [0.2, 0.25) is 0 Å². The molecule has 0 bridgehead atoms. The van der Waals surface area contributed by atoms with Crippen LogP contribution in [0.4, 0.5) is 0 Å². The Kier molecular flexibility index (Phi) is 3.50. The molecule has 1 rings (SSSR count). The summed E-state index contributed by atoms with van der Waals surface area (Å²) in [7, 11) is 0. The van der Waals surface area contributed by atoms with Crippen LogP contribution in [0.2, 0.25) is 0 Å². The number of rotatable bonds is 2. The van der Waals surface area contributed by atoms with Crippen LogP contribution in [0.5, 0.6) is 5.75 Å². The van der Waals surface area contributed by atoms with E-state index in [1.807, 2.05) is 12.8 Å². The van der Waals surface area contributed by atoms with Crippen molar-refractivity contribution in [1.29, 1.82) is 0 Å². The van der Waals surface area contributed by atoms with Crippen molar-refractivity contribution in [2.75, 3.05) is 6.61 Å². The lowest BCUT2D eigenvalue weighted by Gasteiger charge is -2.00. The molecule has 0 unspecified atom stereocenters. The van der Waals surface area contributed by atoms with E-state index in [1.165, 1.54) is 6.20 Å². The van der Waals surface area contributed by atoms with Gasteiger partial charge in [0.05, 0.1) is 12.8 Å². The SMILES string of the molecule is CCOc1cncc(C#CC(=O)O)c1. The van der Waals surface area contributed by atoms with E-state index in [0.717, 1.165) is 0 Å². The fraction of sp³-hybridized carbons (Fsp3) is 0.200. The molecule has 72 valence electrons. The summed E-state index contributed by atoms with van der Waals surface area (Å²) in [6, 6.07) is 1.65. The first-order chi connectivity index (χ1) is 6.72. The van der Waals surface area contributed by atoms with Crippen LogP contribution in [0.1, 0.15) is 12.5 Å². The number of carbonyl (C=O) groups is 1. The number of pyridine rings is 1. The van der Waals surface area contributed by atoms with E-state index in [4.69, 9.17) is 9.84 Å². The maximum Gasteiger partial charge on any atom is 0.382 e. The number of ether oxygens (including phenoxy) is 1. The van der Waals surface area contributed by atoms with Gasteiger partial charge in [0, 0.05) is 17.7 Å². The Morgan fingerprint density at radius 1 is 1.64 bits per heavy atom. The predicted octanol–water partition coefficient (Wildman–Crippen LogP) is 0.916. The molecule has 0 spiro atoms. The van der Waals surface area contributed by atoms with Crippen molar-refractivity contribution in [2.24, 2.45) is 0 Å². The Morgan fingerprint density at radius 3 is 3.07 bits per heavy atom. The van der Waals surface area contributed by atoms with Crippen molar-refractivity contribution in [3.05, 3.63) is 24.0 Å². The Bertz CT molecular complexity index is 390. The van der Waals surface area contributed by atoms with E-state index in [1.54, 1.807) is 12.3 Å². The molecule has 0 atom stereocenters. The Balaban J connectivity index is 2.85. The molecule has 0 amide bonds. The van der Waals surface area contributed by atoms with Gasteiger partial charge in [0.15, 0.2) is 0 Å². The minimum absolute atomic E-state index is 0.526. The van der Waals surface area contributed by atoms with Crippen LogP contribution < -0.4 is 4.74 Å². The average Bonchev–Trinajstić information content (AvgIpc) is 2.16. The van der Waals surface area contributed by atoms with E-state index in [0.29, 0.717) is 17.9 Å². The van der Waals surface area contributed by atoms with Gasteiger partial charge in [-0.3, -0.25) is 4.98 Å². The van der Waals surface area contributed by atoms with Crippen LogP contribution in [0.25, 0.3) is 0 Å². The lowest BCUT2D eigenvalue weighted by molar-refractivity contribution is -0.130. The van der Waals surface area contributed by atoms with Gasteiger partial charge >= 0.3 is 5.97 Å². The Morgan fingerprint density at radius 2 is 2.43 bits per heavy atom. The number of hydrogen-bond acceptors (Lipinski definition) is 3. The van der Waals surface area contributed by atoms with Crippen LogP contribution >= 0.6 is 0 Å². The van der Waals surface area contributed by atoms with Gasteiger partial charge < -0.3 is 9.84 Å². The quantitative estimate of drug-likeness (QED) is 0.706. The minimum atomic E-state index is -1.16. The third-order valence-corrected chi connectivity index (χ3v) is 1.34. The molecule has 0 fully saturated rings. The summed E-state index contributed by atoms with van der Waals surface area (Å²) in [6.45, 7) is 2.40. The maximum absolute atomic E-state index is 10.2. The van der Waals surface area contributed by atoms with Crippen molar-refractivity contribution in [2.45, 2.75) is 6.92 Å². The van der Waals surface area contributed by atoms with Crippen molar-refractivity contribution in [1.82, 2.24) is 4.98 Å². The minimum Gasteiger partial charge on any atom is -0.492 e. The van der Waals surface area contributed by atoms with Crippen molar-refractivity contribution >= 4 is 5.97 Å². The Labute approximate surface area is 81.5 Å². The van der Waals surface area contributed by atoms with Gasteiger partial charge in [-0.15, -0.1) is 0 Å². The number of nitrogens with zero attached hydrogens (tertiary/aromatic N) is 1. The van der Waals surface area contributed by atoms with Crippen molar-refractivity contribution in [3.63, 3.8) is 0 Å². The zero-order chi connectivity index (χ0) is 10.4. The average molecular weight is 191 g/mol. The van der Waals surface area contributed by atoms with Crippen LogP contribution in [-0.2, 0) is 4.79 Å². The van der Waals surface area contributed by atoms with Crippen molar-refractivity contribution < 1.29 is 14.6 Å². The molecule has 0 saturated heterocycles. The van der Waals surface area contributed by atoms with Crippen molar-refractivity contribution in [3.8, 4) is 17.6 Å². The van der Waals surface area contributed by atoms with Gasteiger partial charge in [-0.1, -0.05) is 5.92 Å². The highest BCUT2D eigenvalue weighted by atomic mass is 16.5. The number of carboxylic acid groups (broad SMARTS) is 1. The molecule has 1 N–H and O–H groups in total. The first kappa shape index (κ1) is 10.1. The maximum atomic E-state index is 10.2. The van der Waals surface area contributed by atoms with Gasteiger partial charge in [0.25, 0.3) is 0 Å². The molecule has 0 aliphatic rings. The van der Waals surface area contributed by atoms with E-state index >= 15 is 0 Å². The lowest BCUT2D eigenvalue weighted by Crippen LogP contribution is -1.93. The second kappa shape index (κ2) is 4.87. The third-order valence-electron chi connectivity index (χ3n) is 1.34. The molecule has 4 nitrogen and oxygen atoms in total. The van der Waals surface area contributed by atoms with E-state index in [-0.39, 0.29) is 0 Å². The van der Waals surface area contributed by atoms with Crippen LogP contribution in [-0.4, -0.2) is 22.7 Å². The zero-order valence-corrected chi connectivity index (χ0v) is 7.65. The summed E-state index contributed by atoms with van der Waals surface area (Å²) < 4.78 is 5.18. The molecular formula is C10H9NO3. The van der Waals surface area contributed by atoms with Gasteiger partial charge in [-0.2, -0.15) is 0 Å². The molecular weight excluding hydrogens is 182 g/mol. The first-order valence-electron chi connectivity index (χ1n) is 4.05. The lowest BCUT2D eigenvalue weighted by atomic mass is 10.3. The monoisotopic (exact) mass is 191 g/mol. The largest absolute Gasteiger partial charge is 0.492 e. The summed E-state index contributed by atoms with van der Waals surface area (Å²) in [5, 5.41) is 8.32. The normalized spacial score (nSPS) is 8.64. The Hall–Kier alpha value is -2.02. The van der Waals surface area contributed by atoms with Crippen LogP contribution in [0.3, 0.4) is 0 Å². The third kappa shape index (κ3) is 3.15. The smallest absolute Gasteiger partial charge is 0.382 e. The number of hydrogen-bond donors (Lipinski definition) is 1. The summed E-state index contributed by atoms with van der Waals surface area (Å²) in [4.78, 5) is 14.0. The fourth-order valence-corrected chi connectivity index (χ4v) is 0.858. The predicted molar refractivity (Wildman–Crippen MR) is 49.9 cm³/mol. The molecule has 1 aromatic rings. The number of aromatic nitrogens is 1. The van der Waals surface area contributed by atoms with E-state index in [9.17, 15) is 4.79 Å². The molecule has 0 aliphatic heterocycles. The second-order valence-electron chi connectivity index (χ2n) is 2.40. The summed E-state index contributed by atoms with van der Waals surface area (Å²) >= 11 is 0.